The summed E-state index contributed by atoms with van der Waals surface area (Å²) in [7, 11) is 0. The van der Waals surface area contributed by atoms with Crippen molar-refractivity contribution < 1.29 is 19.1 Å². The molecule has 0 aromatic heterocycles. The Kier molecular flexibility index (Phi) is 5.47. The molecule has 0 aliphatic carbocycles. The number of nitriles is 1. The van der Waals surface area contributed by atoms with Crippen molar-refractivity contribution in [3.05, 3.63) is 59.7 Å². The molecule has 0 unspecified atom stereocenters. The molecule has 1 heterocycles. The summed E-state index contributed by atoms with van der Waals surface area (Å²) in [5, 5.41) is 11.5. The number of hydrogen-bond acceptors (Lipinski definition) is 5. The Morgan fingerprint density at radius 3 is 2.56 bits per heavy atom. The average Bonchev–Trinajstić information content (AvgIpc) is 3.12. The molecule has 0 saturated carbocycles. The second-order valence-electron chi connectivity index (χ2n) is 5.98. The van der Waals surface area contributed by atoms with Gasteiger partial charge in [-0.15, -0.1) is 0 Å². The fourth-order valence-electron chi connectivity index (χ4n) is 2.79. The number of benzene rings is 2. The number of rotatable bonds is 5. The summed E-state index contributed by atoms with van der Waals surface area (Å²) in [6, 6.07) is 15.0. The van der Waals surface area contributed by atoms with Crippen molar-refractivity contribution in [3.63, 3.8) is 0 Å². The summed E-state index contributed by atoms with van der Waals surface area (Å²) in [6.45, 7) is 0.206. The number of hydrogen-bond donors (Lipinski definition) is 1. The van der Waals surface area contributed by atoms with E-state index in [-0.39, 0.29) is 11.5 Å². The lowest BCUT2D eigenvalue weighted by molar-refractivity contribution is -0.119. The van der Waals surface area contributed by atoms with Crippen molar-refractivity contribution >= 4 is 29.2 Å². The molecule has 136 valence electrons. The highest BCUT2D eigenvalue weighted by Gasteiger charge is 2.22. The van der Waals surface area contributed by atoms with E-state index in [2.05, 4.69) is 5.32 Å². The third-order valence-corrected chi connectivity index (χ3v) is 4.14. The van der Waals surface area contributed by atoms with E-state index in [1.165, 1.54) is 0 Å². The monoisotopic (exact) mass is 363 g/mol. The lowest BCUT2D eigenvalue weighted by Gasteiger charge is -2.15. The third kappa shape index (κ3) is 4.30. The molecule has 1 aliphatic heterocycles. The van der Waals surface area contributed by atoms with Crippen LogP contribution in [0.3, 0.4) is 0 Å². The van der Waals surface area contributed by atoms with Crippen LogP contribution in [0, 0.1) is 11.3 Å². The van der Waals surface area contributed by atoms with Gasteiger partial charge in [0.05, 0.1) is 16.8 Å². The maximum absolute atomic E-state index is 12.1. The Balaban J connectivity index is 1.55. The van der Waals surface area contributed by atoms with Crippen molar-refractivity contribution in [2.75, 3.05) is 23.4 Å². The van der Waals surface area contributed by atoms with E-state index in [1.54, 1.807) is 53.4 Å². The first-order valence-corrected chi connectivity index (χ1v) is 8.45. The van der Waals surface area contributed by atoms with Crippen LogP contribution in [0.2, 0.25) is 0 Å². The minimum absolute atomic E-state index is 0.0691. The van der Waals surface area contributed by atoms with Crippen LogP contribution in [0.15, 0.2) is 48.5 Å². The fraction of sp³-hybridized carbons (Fsp3) is 0.200. The van der Waals surface area contributed by atoms with Gasteiger partial charge >= 0.3 is 5.97 Å². The molecule has 0 radical (unpaired) electrons. The third-order valence-electron chi connectivity index (χ3n) is 4.14. The van der Waals surface area contributed by atoms with E-state index in [1.807, 2.05) is 6.07 Å². The zero-order valence-corrected chi connectivity index (χ0v) is 14.5. The molecule has 0 spiro atoms. The van der Waals surface area contributed by atoms with Crippen molar-refractivity contribution in [2.24, 2.45) is 0 Å². The van der Waals surface area contributed by atoms with E-state index in [4.69, 9.17) is 10.00 Å². The second-order valence-corrected chi connectivity index (χ2v) is 5.98. The number of carbonyl (C=O) groups excluding carboxylic acids is 3. The number of ether oxygens (including phenoxy) is 1. The van der Waals surface area contributed by atoms with E-state index >= 15 is 0 Å². The molecule has 2 amide bonds. The van der Waals surface area contributed by atoms with Gasteiger partial charge in [0.15, 0.2) is 6.61 Å². The number of amides is 2. The van der Waals surface area contributed by atoms with Crippen LogP contribution in [0.5, 0.6) is 0 Å². The first-order chi connectivity index (χ1) is 13.1. The molecule has 27 heavy (non-hydrogen) atoms. The predicted octanol–water partition coefficient (Wildman–Crippen LogP) is 2.48. The van der Waals surface area contributed by atoms with Gasteiger partial charge in [0.2, 0.25) is 5.91 Å². The van der Waals surface area contributed by atoms with Gasteiger partial charge < -0.3 is 15.0 Å². The Hall–Kier alpha value is -3.66. The van der Waals surface area contributed by atoms with E-state index in [9.17, 15) is 14.4 Å². The number of carbonyl (C=O) groups is 3. The normalized spacial score (nSPS) is 13.1. The molecule has 2 aromatic rings. The predicted molar refractivity (Wildman–Crippen MR) is 98.1 cm³/mol. The van der Waals surface area contributed by atoms with E-state index in [0.717, 1.165) is 12.1 Å². The molecule has 7 heteroatoms. The van der Waals surface area contributed by atoms with Gasteiger partial charge in [-0.25, -0.2) is 4.79 Å². The Bertz CT molecular complexity index is 916. The Morgan fingerprint density at radius 1 is 1.15 bits per heavy atom. The van der Waals surface area contributed by atoms with Gasteiger partial charge in [-0.1, -0.05) is 12.1 Å². The highest BCUT2D eigenvalue weighted by atomic mass is 16.5. The molecule has 1 aliphatic rings. The molecule has 0 atom stereocenters. The van der Waals surface area contributed by atoms with Gasteiger partial charge in [-0.3, -0.25) is 9.59 Å². The van der Waals surface area contributed by atoms with Crippen molar-refractivity contribution in [1.82, 2.24) is 0 Å². The van der Waals surface area contributed by atoms with Crippen molar-refractivity contribution in [1.29, 1.82) is 5.26 Å². The molecule has 1 fully saturated rings. The number of para-hydroxylation sites is 1. The van der Waals surface area contributed by atoms with Crippen LogP contribution in [0.25, 0.3) is 0 Å². The van der Waals surface area contributed by atoms with Crippen LogP contribution in [-0.4, -0.2) is 30.9 Å². The highest BCUT2D eigenvalue weighted by Crippen LogP contribution is 2.21. The number of nitrogens with one attached hydrogen (secondary N) is 1. The lowest BCUT2D eigenvalue weighted by atomic mass is 10.2. The van der Waals surface area contributed by atoms with Crippen molar-refractivity contribution in [2.45, 2.75) is 12.8 Å². The topological polar surface area (TPSA) is 99.5 Å². The summed E-state index contributed by atoms with van der Waals surface area (Å²) in [5.74, 6) is -1.11. The molecular weight excluding hydrogens is 346 g/mol. The van der Waals surface area contributed by atoms with Crippen LogP contribution in [0.4, 0.5) is 11.4 Å². The van der Waals surface area contributed by atoms with Gasteiger partial charge in [-0.2, -0.15) is 5.26 Å². The van der Waals surface area contributed by atoms with Crippen LogP contribution in [0.1, 0.15) is 28.8 Å². The van der Waals surface area contributed by atoms with Crippen molar-refractivity contribution in [3.8, 4) is 6.07 Å². The van der Waals surface area contributed by atoms with Gasteiger partial charge in [-0.05, 0) is 42.8 Å². The molecular formula is C20H17N3O4. The number of anilines is 2. The van der Waals surface area contributed by atoms with Crippen LogP contribution in [-0.2, 0) is 14.3 Å². The number of nitrogens with zero attached hydrogens (tertiary/aromatic N) is 2. The number of esters is 1. The maximum atomic E-state index is 12.1. The zero-order valence-electron chi connectivity index (χ0n) is 14.5. The van der Waals surface area contributed by atoms with E-state index < -0.39 is 18.5 Å². The summed E-state index contributed by atoms with van der Waals surface area (Å²) >= 11 is 0. The van der Waals surface area contributed by atoms with Crippen LogP contribution >= 0.6 is 0 Å². The first-order valence-electron chi connectivity index (χ1n) is 8.45. The smallest absolute Gasteiger partial charge is 0.338 e. The first kappa shape index (κ1) is 18.1. The summed E-state index contributed by atoms with van der Waals surface area (Å²) in [5.41, 5.74) is 1.71. The largest absolute Gasteiger partial charge is 0.452 e. The Labute approximate surface area is 156 Å². The molecule has 7 nitrogen and oxygen atoms in total. The zero-order chi connectivity index (χ0) is 19.2. The van der Waals surface area contributed by atoms with E-state index in [0.29, 0.717) is 24.2 Å². The minimum atomic E-state index is -0.641. The highest BCUT2D eigenvalue weighted by molar-refractivity contribution is 5.98. The average molecular weight is 363 g/mol. The quantitative estimate of drug-likeness (QED) is 0.823. The van der Waals surface area contributed by atoms with Crippen LogP contribution < -0.4 is 10.2 Å². The second kappa shape index (κ2) is 8.15. The van der Waals surface area contributed by atoms with Gasteiger partial charge in [0.1, 0.15) is 6.07 Å². The molecule has 1 saturated heterocycles. The van der Waals surface area contributed by atoms with Gasteiger partial charge in [0, 0.05) is 18.7 Å². The molecule has 0 bridgehead atoms. The maximum Gasteiger partial charge on any atom is 0.338 e. The lowest BCUT2D eigenvalue weighted by Crippen LogP contribution is -2.23. The Morgan fingerprint density at radius 2 is 1.89 bits per heavy atom. The molecule has 3 rings (SSSR count). The fourth-order valence-corrected chi connectivity index (χ4v) is 2.79. The summed E-state index contributed by atoms with van der Waals surface area (Å²) in [6.07, 6.45) is 1.36. The molecule has 2 aromatic carbocycles. The SMILES string of the molecule is N#Cc1ccccc1NC(=O)COC(=O)c1ccc(N2CCCC2=O)cc1. The molecule has 1 N–H and O–H groups in total. The summed E-state index contributed by atoms with van der Waals surface area (Å²) < 4.78 is 5.01. The minimum Gasteiger partial charge on any atom is -0.452 e. The standard InChI is InChI=1S/C20H17N3O4/c21-12-15-4-1-2-5-17(15)22-18(24)13-27-20(26)14-7-9-16(10-8-14)23-11-3-6-19(23)25/h1-2,4-5,7-10H,3,6,11,13H2,(H,22,24). The van der Waals surface area contributed by atoms with Gasteiger partial charge in [0.25, 0.3) is 5.91 Å². The summed E-state index contributed by atoms with van der Waals surface area (Å²) in [4.78, 5) is 37.4.